The Morgan fingerprint density at radius 3 is 2.70 bits per heavy atom. The first kappa shape index (κ1) is 14.6. The number of nitrogens with one attached hydrogen (secondary N) is 1. The first-order valence-electron chi connectivity index (χ1n) is 5.55. The number of ether oxygens (including phenoxy) is 1. The molecule has 0 saturated heterocycles. The lowest BCUT2D eigenvalue weighted by molar-refractivity contribution is 0.415. The Morgan fingerprint density at radius 1 is 1.35 bits per heavy atom. The number of nitrogens with zero attached hydrogens (tertiary/aromatic N) is 1. The normalized spacial score (nSPS) is 9.95. The highest BCUT2D eigenvalue weighted by Gasteiger charge is 2.11. The molecule has 0 aliphatic heterocycles. The lowest BCUT2D eigenvalue weighted by Gasteiger charge is -2.11. The lowest BCUT2D eigenvalue weighted by atomic mass is 10.2. The number of anilines is 2. The maximum atomic E-state index is 14.1. The maximum absolute atomic E-state index is 14.1. The molecule has 1 N–H and O–H groups in total. The van der Waals surface area contributed by atoms with Gasteiger partial charge >= 0.3 is 0 Å². The lowest BCUT2D eigenvalue weighted by Crippen LogP contribution is -1.96. The van der Waals surface area contributed by atoms with Crippen LogP contribution in [0, 0.1) is 17.1 Å². The van der Waals surface area contributed by atoms with E-state index in [1.807, 2.05) is 6.07 Å². The van der Waals surface area contributed by atoms with E-state index in [1.165, 1.54) is 19.2 Å². The van der Waals surface area contributed by atoms with Crippen molar-refractivity contribution in [3.8, 4) is 11.8 Å². The molecule has 3 nitrogen and oxygen atoms in total. The van der Waals surface area contributed by atoms with Gasteiger partial charge in [-0.25, -0.2) is 4.39 Å². The summed E-state index contributed by atoms with van der Waals surface area (Å²) in [4.78, 5) is 0. The molecule has 0 unspecified atom stereocenters. The average molecular weight is 356 g/mol. The van der Waals surface area contributed by atoms with Gasteiger partial charge in [0.05, 0.1) is 27.9 Å². The van der Waals surface area contributed by atoms with Crippen molar-refractivity contribution < 1.29 is 9.13 Å². The van der Waals surface area contributed by atoms with Crippen LogP contribution in [0.3, 0.4) is 0 Å². The van der Waals surface area contributed by atoms with Crippen LogP contribution in [0.15, 0.2) is 34.8 Å². The van der Waals surface area contributed by atoms with Gasteiger partial charge in [-0.05, 0) is 46.3 Å². The van der Waals surface area contributed by atoms with Crippen molar-refractivity contribution in [3.63, 3.8) is 0 Å². The molecule has 2 aromatic rings. The summed E-state index contributed by atoms with van der Waals surface area (Å²) >= 11 is 9.06. The molecule has 0 saturated carbocycles. The van der Waals surface area contributed by atoms with Crippen LogP contribution in [0.2, 0.25) is 5.02 Å². The number of hydrogen-bond acceptors (Lipinski definition) is 3. The Hall–Kier alpha value is -1.77. The second-order valence-corrected chi connectivity index (χ2v) is 5.07. The zero-order valence-electron chi connectivity index (χ0n) is 10.4. The number of halogens is 3. The zero-order chi connectivity index (χ0) is 14.7. The van der Waals surface area contributed by atoms with Crippen LogP contribution in [0.1, 0.15) is 5.56 Å². The minimum atomic E-state index is -0.531. The Morgan fingerprint density at radius 2 is 2.10 bits per heavy atom. The quantitative estimate of drug-likeness (QED) is 0.854. The van der Waals surface area contributed by atoms with Crippen molar-refractivity contribution in [1.82, 2.24) is 0 Å². The molecule has 2 aromatic carbocycles. The monoisotopic (exact) mass is 354 g/mol. The third-order valence-electron chi connectivity index (χ3n) is 2.63. The van der Waals surface area contributed by atoms with Gasteiger partial charge in [0.15, 0.2) is 5.82 Å². The third kappa shape index (κ3) is 2.87. The highest BCUT2D eigenvalue weighted by Crippen LogP contribution is 2.32. The molecular formula is C14H9BrClFN2O. The molecule has 0 aliphatic carbocycles. The van der Waals surface area contributed by atoms with E-state index in [0.717, 1.165) is 0 Å². The Balaban J connectivity index is 2.34. The van der Waals surface area contributed by atoms with E-state index >= 15 is 0 Å². The number of methoxy groups -OCH3 is 1. The van der Waals surface area contributed by atoms with Crippen LogP contribution in [-0.2, 0) is 0 Å². The van der Waals surface area contributed by atoms with Gasteiger partial charge in [0, 0.05) is 5.69 Å². The zero-order valence-corrected chi connectivity index (χ0v) is 12.7. The van der Waals surface area contributed by atoms with Gasteiger partial charge in [-0.3, -0.25) is 0 Å². The van der Waals surface area contributed by atoms with E-state index in [-0.39, 0.29) is 15.7 Å². The van der Waals surface area contributed by atoms with E-state index in [4.69, 9.17) is 21.6 Å². The standard InChI is InChI=1S/C14H9BrClFN2O/c1-20-12-5-3-9(6-10(12)16)19-11-4-2-8(7-18)13(15)14(11)17/h2-6,19H,1H3. The summed E-state index contributed by atoms with van der Waals surface area (Å²) < 4.78 is 19.2. The summed E-state index contributed by atoms with van der Waals surface area (Å²) in [6.07, 6.45) is 0. The fourth-order valence-electron chi connectivity index (χ4n) is 1.63. The summed E-state index contributed by atoms with van der Waals surface area (Å²) in [5, 5.41) is 12.1. The minimum Gasteiger partial charge on any atom is -0.495 e. The molecule has 0 atom stereocenters. The third-order valence-corrected chi connectivity index (χ3v) is 3.70. The molecule has 6 heteroatoms. The summed E-state index contributed by atoms with van der Waals surface area (Å²) in [5.41, 5.74) is 1.10. The van der Waals surface area contributed by atoms with E-state index in [9.17, 15) is 4.39 Å². The molecule has 2 rings (SSSR count). The second kappa shape index (κ2) is 6.12. The molecule has 20 heavy (non-hydrogen) atoms. The van der Waals surface area contributed by atoms with Crippen LogP contribution in [0.5, 0.6) is 5.75 Å². The van der Waals surface area contributed by atoms with Gasteiger partial charge in [-0.15, -0.1) is 0 Å². The molecular weight excluding hydrogens is 347 g/mol. The SMILES string of the molecule is COc1ccc(Nc2ccc(C#N)c(Br)c2F)cc1Cl. The summed E-state index contributed by atoms with van der Waals surface area (Å²) in [7, 11) is 1.52. The number of rotatable bonds is 3. The summed E-state index contributed by atoms with van der Waals surface area (Å²) in [5.74, 6) is 0.00897. The summed E-state index contributed by atoms with van der Waals surface area (Å²) in [6, 6.07) is 9.96. The van der Waals surface area contributed by atoms with Crippen LogP contribution in [0.25, 0.3) is 0 Å². The van der Waals surface area contributed by atoms with Gasteiger partial charge < -0.3 is 10.1 Å². The predicted octanol–water partition coefficient (Wildman–Crippen LogP) is 4.87. The molecule has 0 aliphatic rings. The Bertz CT molecular complexity index is 700. The molecule has 0 radical (unpaired) electrons. The average Bonchev–Trinajstić information content (AvgIpc) is 2.44. The highest BCUT2D eigenvalue weighted by atomic mass is 79.9. The van der Waals surface area contributed by atoms with Crippen molar-refractivity contribution in [2.24, 2.45) is 0 Å². The Labute approximate surface area is 129 Å². The molecule has 0 heterocycles. The van der Waals surface area contributed by atoms with E-state index in [1.54, 1.807) is 18.2 Å². The smallest absolute Gasteiger partial charge is 0.162 e. The van der Waals surface area contributed by atoms with Crippen LogP contribution < -0.4 is 10.1 Å². The Kier molecular flexibility index (Phi) is 4.48. The van der Waals surface area contributed by atoms with Gasteiger partial charge in [-0.1, -0.05) is 11.6 Å². The second-order valence-electron chi connectivity index (χ2n) is 3.87. The fourth-order valence-corrected chi connectivity index (χ4v) is 2.32. The predicted molar refractivity (Wildman–Crippen MR) is 80.1 cm³/mol. The summed E-state index contributed by atoms with van der Waals surface area (Å²) in [6.45, 7) is 0. The van der Waals surface area contributed by atoms with E-state index in [0.29, 0.717) is 16.5 Å². The molecule has 0 aromatic heterocycles. The fraction of sp³-hybridized carbons (Fsp3) is 0.0714. The largest absolute Gasteiger partial charge is 0.495 e. The van der Waals surface area contributed by atoms with Gasteiger partial charge in [-0.2, -0.15) is 5.26 Å². The van der Waals surface area contributed by atoms with Crippen molar-refractivity contribution in [3.05, 3.63) is 51.2 Å². The van der Waals surface area contributed by atoms with Gasteiger partial charge in [0.2, 0.25) is 0 Å². The van der Waals surface area contributed by atoms with Crippen molar-refractivity contribution >= 4 is 38.9 Å². The van der Waals surface area contributed by atoms with Crippen LogP contribution in [-0.4, -0.2) is 7.11 Å². The van der Waals surface area contributed by atoms with Gasteiger partial charge in [0.25, 0.3) is 0 Å². The molecule has 0 spiro atoms. The molecule has 102 valence electrons. The first-order valence-corrected chi connectivity index (χ1v) is 6.72. The number of benzene rings is 2. The maximum Gasteiger partial charge on any atom is 0.162 e. The minimum absolute atomic E-state index is 0.129. The highest BCUT2D eigenvalue weighted by molar-refractivity contribution is 9.10. The molecule has 0 amide bonds. The molecule has 0 bridgehead atoms. The van der Waals surface area contributed by atoms with E-state index in [2.05, 4.69) is 21.2 Å². The topological polar surface area (TPSA) is 45.0 Å². The van der Waals surface area contributed by atoms with E-state index < -0.39 is 5.82 Å². The van der Waals surface area contributed by atoms with Crippen LogP contribution >= 0.6 is 27.5 Å². The van der Waals surface area contributed by atoms with Gasteiger partial charge in [0.1, 0.15) is 11.8 Å². The van der Waals surface area contributed by atoms with Crippen LogP contribution in [0.4, 0.5) is 15.8 Å². The van der Waals surface area contributed by atoms with Crippen molar-refractivity contribution in [2.45, 2.75) is 0 Å². The number of hydrogen-bond donors (Lipinski definition) is 1. The number of nitriles is 1. The molecule has 0 fully saturated rings. The van der Waals surface area contributed by atoms with Crippen molar-refractivity contribution in [2.75, 3.05) is 12.4 Å². The first-order chi connectivity index (χ1) is 9.56. The van der Waals surface area contributed by atoms with Crippen molar-refractivity contribution in [1.29, 1.82) is 5.26 Å².